The Kier molecular flexibility index (Phi) is 3.49. The molecule has 0 amide bonds. The van der Waals surface area contributed by atoms with E-state index in [0.717, 1.165) is 17.1 Å². The van der Waals surface area contributed by atoms with Gasteiger partial charge in [0, 0.05) is 12.1 Å². The van der Waals surface area contributed by atoms with E-state index in [-0.39, 0.29) is 0 Å². The predicted octanol–water partition coefficient (Wildman–Crippen LogP) is 3.02. The van der Waals surface area contributed by atoms with E-state index in [1.807, 2.05) is 26.1 Å². The van der Waals surface area contributed by atoms with Crippen molar-refractivity contribution in [3.05, 3.63) is 39.4 Å². The van der Waals surface area contributed by atoms with Gasteiger partial charge in [-0.25, -0.2) is 0 Å². The van der Waals surface area contributed by atoms with Gasteiger partial charge in [-0.3, -0.25) is 5.10 Å². The molecule has 2 rings (SSSR count). The number of aromatic amines is 1. The molecule has 0 spiro atoms. The number of benzene rings is 1. The summed E-state index contributed by atoms with van der Waals surface area (Å²) in [5.41, 5.74) is 0.995. The highest BCUT2D eigenvalue weighted by Gasteiger charge is 2.05. The monoisotopic (exact) mass is 269 g/mol. The SMILES string of the molecule is Cc1cc(Cl)ccc1OCc1n[nH]c(=S)n1C. The molecule has 1 aromatic heterocycles. The number of H-pyrrole nitrogens is 1. The van der Waals surface area contributed by atoms with Gasteiger partial charge in [0.25, 0.3) is 0 Å². The maximum absolute atomic E-state index is 5.87. The van der Waals surface area contributed by atoms with E-state index in [1.165, 1.54) is 0 Å². The molecular weight excluding hydrogens is 258 g/mol. The number of rotatable bonds is 3. The van der Waals surface area contributed by atoms with Gasteiger partial charge in [0.15, 0.2) is 10.6 Å². The van der Waals surface area contributed by atoms with Gasteiger partial charge in [0.1, 0.15) is 12.4 Å². The molecule has 0 aliphatic rings. The molecule has 0 aliphatic carbocycles. The fourth-order valence-corrected chi connectivity index (χ4v) is 1.80. The van der Waals surface area contributed by atoms with Crippen LogP contribution in [0.2, 0.25) is 5.02 Å². The Morgan fingerprint density at radius 2 is 2.29 bits per heavy atom. The molecular formula is C11H12ClN3OS. The normalized spacial score (nSPS) is 10.5. The number of nitrogens with zero attached hydrogens (tertiary/aromatic N) is 2. The first-order valence-electron chi connectivity index (χ1n) is 5.07. The molecule has 0 radical (unpaired) electrons. The van der Waals surface area contributed by atoms with Gasteiger partial charge in [-0.15, -0.1) is 0 Å². The summed E-state index contributed by atoms with van der Waals surface area (Å²) in [6.07, 6.45) is 0. The van der Waals surface area contributed by atoms with Crippen LogP contribution in [0, 0.1) is 11.7 Å². The maximum Gasteiger partial charge on any atom is 0.194 e. The molecule has 90 valence electrons. The van der Waals surface area contributed by atoms with Gasteiger partial charge in [0.2, 0.25) is 0 Å². The summed E-state index contributed by atoms with van der Waals surface area (Å²) < 4.78 is 8.02. The Morgan fingerprint density at radius 3 is 2.88 bits per heavy atom. The summed E-state index contributed by atoms with van der Waals surface area (Å²) in [7, 11) is 1.85. The molecule has 1 heterocycles. The van der Waals surface area contributed by atoms with Crippen LogP contribution < -0.4 is 4.74 Å². The van der Waals surface area contributed by atoms with E-state index in [4.69, 9.17) is 28.6 Å². The van der Waals surface area contributed by atoms with Gasteiger partial charge in [-0.1, -0.05) is 11.6 Å². The standard InChI is InChI=1S/C11H12ClN3OS/c1-7-5-8(12)3-4-9(7)16-6-10-13-14-11(17)15(10)2/h3-5H,6H2,1-2H3,(H,14,17). The lowest BCUT2D eigenvalue weighted by molar-refractivity contribution is 0.289. The summed E-state index contributed by atoms with van der Waals surface area (Å²) in [6, 6.07) is 5.51. The largest absolute Gasteiger partial charge is 0.485 e. The highest BCUT2D eigenvalue weighted by Crippen LogP contribution is 2.22. The van der Waals surface area contributed by atoms with Crippen LogP contribution in [0.25, 0.3) is 0 Å². The number of halogens is 1. The zero-order valence-corrected chi connectivity index (χ0v) is 11.1. The fraction of sp³-hybridized carbons (Fsp3) is 0.273. The summed E-state index contributed by atoms with van der Waals surface area (Å²) >= 11 is 10.9. The van der Waals surface area contributed by atoms with Gasteiger partial charge < -0.3 is 9.30 Å². The molecule has 0 saturated heterocycles. The highest BCUT2D eigenvalue weighted by molar-refractivity contribution is 7.71. The van der Waals surface area contributed by atoms with Crippen LogP contribution in [-0.2, 0) is 13.7 Å². The van der Waals surface area contributed by atoms with Crippen molar-refractivity contribution in [1.29, 1.82) is 0 Å². The van der Waals surface area contributed by atoms with Crippen LogP contribution in [0.15, 0.2) is 18.2 Å². The quantitative estimate of drug-likeness (QED) is 0.871. The lowest BCUT2D eigenvalue weighted by Gasteiger charge is -2.08. The van der Waals surface area contributed by atoms with Gasteiger partial charge >= 0.3 is 0 Å². The summed E-state index contributed by atoms with van der Waals surface area (Å²) in [4.78, 5) is 0. The van der Waals surface area contributed by atoms with E-state index in [0.29, 0.717) is 16.4 Å². The Morgan fingerprint density at radius 1 is 1.53 bits per heavy atom. The molecule has 17 heavy (non-hydrogen) atoms. The van der Waals surface area contributed by atoms with Crippen LogP contribution in [0.4, 0.5) is 0 Å². The molecule has 1 aromatic carbocycles. The second-order valence-corrected chi connectivity index (χ2v) is 4.53. The highest BCUT2D eigenvalue weighted by atomic mass is 35.5. The van der Waals surface area contributed by atoms with Crippen LogP contribution in [0.3, 0.4) is 0 Å². The summed E-state index contributed by atoms with van der Waals surface area (Å²) in [6.45, 7) is 2.32. The second-order valence-electron chi connectivity index (χ2n) is 3.70. The molecule has 0 unspecified atom stereocenters. The lowest BCUT2D eigenvalue weighted by atomic mass is 10.2. The average molecular weight is 270 g/mol. The maximum atomic E-state index is 5.87. The second kappa shape index (κ2) is 4.89. The smallest absolute Gasteiger partial charge is 0.194 e. The number of hydrogen-bond acceptors (Lipinski definition) is 3. The van der Waals surface area contributed by atoms with Crippen molar-refractivity contribution >= 4 is 23.8 Å². The van der Waals surface area contributed by atoms with Crippen LogP contribution >= 0.6 is 23.8 Å². The van der Waals surface area contributed by atoms with E-state index in [9.17, 15) is 0 Å². The molecule has 4 nitrogen and oxygen atoms in total. The van der Waals surface area contributed by atoms with Crippen molar-refractivity contribution in [3.63, 3.8) is 0 Å². The molecule has 1 N–H and O–H groups in total. The van der Waals surface area contributed by atoms with Crippen molar-refractivity contribution in [2.45, 2.75) is 13.5 Å². The summed E-state index contributed by atoms with van der Waals surface area (Å²) in [5, 5.41) is 7.49. The topological polar surface area (TPSA) is 42.8 Å². The first-order valence-corrected chi connectivity index (χ1v) is 5.86. The average Bonchev–Trinajstić information content (AvgIpc) is 2.59. The first-order chi connectivity index (χ1) is 8.08. The Bertz CT molecular complexity index is 591. The van der Waals surface area contributed by atoms with Gasteiger partial charge in [-0.05, 0) is 42.9 Å². The Labute approximate surface area is 109 Å². The third kappa shape index (κ3) is 2.68. The van der Waals surface area contributed by atoms with Crippen molar-refractivity contribution in [3.8, 4) is 5.75 Å². The molecule has 6 heteroatoms. The van der Waals surface area contributed by atoms with Crippen LogP contribution in [0.1, 0.15) is 11.4 Å². The third-order valence-corrected chi connectivity index (χ3v) is 3.07. The van der Waals surface area contributed by atoms with Crippen molar-refractivity contribution in [1.82, 2.24) is 14.8 Å². The number of aryl methyl sites for hydroxylation is 1. The van der Waals surface area contributed by atoms with Crippen molar-refractivity contribution in [2.24, 2.45) is 7.05 Å². The Balaban J connectivity index is 2.12. The Hall–Kier alpha value is -1.33. The molecule has 0 fully saturated rings. The minimum Gasteiger partial charge on any atom is -0.485 e. The molecule has 0 bridgehead atoms. The number of nitrogens with one attached hydrogen (secondary N) is 1. The van der Waals surface area contributed by atoms with Gasteiger partial charge in [-0.2, -0.15) is 5.10 Å². The lowest BCUT2D eigenvalue weighted by Crippen LogP contribution is -2.04. The number of aromatic nitrogens is 3. The molecule has 0 saturated carbocycles. The molecule has 0 aliphatic heterocycles. The molecule has 0 atom stereocenters. The van der Waals surface area contributed by atoms with E-state index < -0.39 is 0 Å². The van der Waals surface area contributed by atoms with E-state index in [2.05, 4.69) is 10.2 Å². The van der Waals surface area contributed by atoms with Crippen LogP contribution in [-0.4, -0.2) is 14.8 Å². The predicted molar refractivity (Wildman–Crippen MR) is 68.9 cm³/mol. The summed E-state index contributed by atoms with van der Waals surface area (Å²) in [5.74, 6) is 1.55. The fourth-order valence-electron chi connectivity index (χ4n) is 1.43. The zero-order valence-electron chi connectivity index (χ0n) is 9.53. The third-order valence-electron chi connectivity index (χ3n) is 2.47. The zero-order chi connectivity index (χ0) is 12.4. The van der Waals surface area contributed by atoms with E-state index in [1.54, 1.807) is 10.6 Å². The molecule has 2 aromatic rings. The minimum atomic E-state index is 0.367. The first kappa shape index (κ1) is 12.1. The van der Waals surface area contributed by atoms with Crippen LogP contribution in [0.5, 0.6) is 5.75 Å². The van der Waals surface area contributed by atoms with Gasteiger partial charge in [0.05, 0.1) is 0 Å². The van der Waals surface area contributed by atoms with Crippen molar-refractivity contribution < 1.29 is 4.74 Å². The number of hydrogen-bond donors (Lipinski definition) is 1. The number of ether oxygens (including phenoxy) is 1. The van der Waals surface area contributed by atoms with E-state index >= 15 is 0 Å². The van der Waals surface area contributed by atoms with Crippen molar-refractivity contribution in [2.75, 3.05) is 0 Å². The minimum absolute atomic E-state index is 0.367.